The Morgan fingerprint density at radius 2 is 2.04 bits per heavy atom. The molecule has 3 heterocycles. The average Bonchev–Trinajstić information content (AvgIpc) is 3.19. The second-order valence-corrected chi connectivity index (χ2v) is 7.99. The van der Waals surface area contributed by atoms with Crippen LogP contribution in [0, 0.1) is 18.7 Å². The molecule has 5 rings (SSSR count). The summed E-state index contributed by atoms with van der Waals surface area (Å²) in [6, 6.07) is 5.37. The summed E-state index contributed by atoms with van der Waals surface area (Å²) in [5, 5.41) is 6.69. The van der Waals surface area contributed by atoms with Crippen LogP contribution in [0.3, 0.4) is 0 Å². The number of fused-ring (bicyclic) bond motifs is 2. The van der Waals surface area contributed by atoms with E-state index in [2.05, 4.69) is 15.0 Å². The summed E-state index contributed by atoms with van der Waals surface area (Å²) in [5.74, 6) is 1.30. The van der Waals surface area contributed by atoms with Gasteiger partial charge in [-0.2, -0.15) is 5.10 Å². The van der Waals surface area contributed by atoms with Crippen LogP contribution >= 0.6 is 0 Å². The molecule has 0 aliphatic heterocycles. The molecule has 1 aromatic carbocycles. The van der Waals surface area contributed by atoms with E-state index in [1.165, 1.54) is 19.3 Å². The second-order valence-electron chi connectivity index (χ2n) is 7.99. The van der Waals surface area contributed by atoms with Gasteiger partial charge in [0.2, 0.25) is 0 Å². The summed E-state index contributed by atoms with van der Waals surface area (Å²) in [7, 11) is 3.94. The van der Waals surface area contributed by atoms with Gasteiger partial charge >= 0.3 is 0 Å². The van der Waals surface area contributed by atoms with Crippen molar-refractivity contribution in [1.82, 2.24) is 24.7 Å². The minimum absolute atomic E-state index is 0.198. The maximum absolute atomic E-state index is 14.0. The Morgan fingerprint density at radius 3 is 2.75 bits per heavy atom. The molecule has 7 heteroatoms. The molecule has 0 radical (unpaired) electrons. The fourth-order valence-corrected chi connectivity index (χ4v) is 3.96. The lowest BCUT2D eigenvalue weighted by Crippen LogP contribution is -2.19. The van der Waals surface area contributed by atoms with Crippen LogP contribution in [0.4, 0.5) is 10.2 Å². The molecule has 0 bridgehead atoms. The first-order valence-corrected chi connectivity index (χ1v) is 9.69. The Balaban J connectivity index is 1.73. The topological polar surface area (TPSA) is 62.6 Å². The van der Waals surface area contributed by atoms with Crippen LogP contribution in [0.25, 0.3) is 33.3 Å². The van der Waals surface area contributed by atoms with Gasteiger partial charge < -0.3 is 9.88 Å². The van der Waals surface area contributed by atoms with Gasteiger partial charge in [-0.25, -0.2) is 19.0 Å². The van der Waals surface area contributed by atoms with Crippen molar-refractivity contribution in [1.29, 1.82) is 0 Å². The Kier molecular flexibility index (Phi) is 3.86. The Bertz CT molecular complexity index is 1150. The molecule has 0 atom stereocenters. The summed E-state index contributed by atoms with van der Waals surface area (Å²) in [6.45, 7) is 2.64. The van der Waals surface area contributed by atoms with Crippen LogP contribution in [-0.2, 0) is 6.54 Å². The number of aromatic amines is 1. The fraction of sp³-hybridized carbons (Fsp3) is 0.381. The molecular formula is C21H23FN6. The van der Waals surface area contributed by atoms with Crippen molar-refractivity contribution in [3.63, 3.8) is 0 Å². The molecule has 1 aliphatic rings. The number of aromatic nitrogens is 5. The van der Waals surface area contributed by atoms with Crippen LogP contribution in [-0.4, -0.2) is 38.8 Å². The monoisotopic (exact) mass is 378 g/mol. The molecule has 144 valence electrons. The summed E-state index contributed by atoms with van der Waals surface area (Å²) in [4.78, 5) is 14.4. The molecule has 28 heavy (non-hydrogen) atoms. The molecule has 0 amide bonds. The van der Waals surface area contributed by atoms with Crippen LogP contribution < -0.4 is 4.90 Å². The number of benzene rings is 1. The predicted molar refractivity (Wildman–Crippen MR) is 109 cm³/mol. The number of hydrogen-bond acceptors (Lipinski definition) is 4. The normalized spacial score (nSPS) is 14.7. The predicted octanol–water partition coefficient (Wildman–Crippen LogP) is 4.29. The lowest BCUT2D eigenvalue weighted by atomic mass is 9.85. The quantitative estimate of drug-likeness (QED) is 0.575. The van der Waals surface area contributed by atoms with Gasteiger partial charge in [-0.1, -0.05) is 6.42 Å². The molecular weight excluding hydrogens is 355 g/mol. The Morgan fingerprint density at radius 1 is 1.21 bits per heavy atom. The number of hydrogen-bond donors (Lipinski definition) is 1. The number of aryl methyl sites for hydroxylation is 1. The molecule has 1 aliphatic carbocycles. The third-order valence-electron chi connectivity index (χ3n) is 5.74. The summed E-state index contributed by atoms with van der Waals surface area (Å²) < 4.78 is 16.0. The van der Waals surface area contributed by atoms with Gasteiger partial charge in [0.25, 0.3) is 0 Å². The molecule has 1 fully saturated rings. The molecule has 0 saturated heterocycles. The SMILES string of the molecule is Cc1cc2[nH]c(-c3nn(CC4CCC4)c4ncnc(N(C)C)c34)cc2cc1F. The Hall–Kier alpha value is -2.96. The van der Waals surface area contributed by atoms with Crippen LogP contribution in [0.2, 0.25) is 0 Å². The first kappa shape index (κ1) is 17.2. The summed E-state index contributed by atoms with van der Waals surface area (Å²) >= 11 is 0. The van der Waals surface area contributed by atoms with Crippen molar-refractivity contribution in [2.75, 3.05) is 19.0 Å². The van der Waals surface area contributed by atoms with Crippen LogP contribution in [0.5, 0.6) is 0 Å². The smallest absolute Gasteiger partial charge is 0.164 e. The zero-order chi connectivity index (χ0) is 19.4. The van der Waals surface area contributed by atoms with E-state index < -0.39 is 0 Å². The maximum atomic E-state index is 14.0. The fourth-order valence-electron chi connectivity index (χ4n) is 3.96. The van der Waals surface area contributed by atoms with Gasteiger partial charge in [0.1, 0.15) is 23.7 Å². The van der Waals surface area contributed by atoms with Gasteiger partial charge in [-0.3, -0.25) is 0 Å². The van der Waals surface area contributed by atoms with Crippen molar-refractivity contribution in [2.45, 2.75) is 32.7 Å². The van der Waals surface area contributed by atoms with Gasteiger partial charge in [0, 0.05) is 31.5 Å². The minimum atomic E-state index is -0.198. The molecule has 6 nitrogen and oxygen atoms in total. The van der Waals surface area contributed by atoms with Crippen molar-refractivity contribution in [2.24, 2.45) is 5.92 Å². The number of nitrogens with one attached hydrogen (secondary N) is 1. The van der Waals surface area contributed by atoms with Crippen molar-refractivity contribution in [3.8, 4) is 11.4 Å². The number of rotatable bonds is 4. The highest BCUT2D eigenvalue weighted by atomic mass is 19.1. The number of H-pyrrole nitrogens is 1. The molecule has 3 aromatic heterocycles. The first-order valence-electron chi connectivity index (χ1n) is 9.69. The highest BCUT2D eigenvalue weighted by molar-refractivity contribution is 6.00. The highest BCUT2D eigenvalue weighted by Crippen LogP contribution is 2.36. The first-order chi connectivity index (χ1) is 13.5. The summed E-state index contributed by atoms with van der Waals surface area (Å²) in [5.41, 5.74) is 4.04. The van der Waals surface area contributed by atoms with E-state index in [0.29, 0.717) is 11.5 Å². The zero-order valence-corrected chi connectivity index (χ0v) is 16.3. The van der Waals surface area contributed by atoms with Crippen molar-refractivity contribution >= 4 is 27.8 Å². The number of anilines is 1. The van der Waals surface area contributed by atoms with E-state index in [9.17, 15) is 4.39 Å². The molecule has 1 saturated carbocycles. The zero-order valence-electron chi connectivity index (χ0n) is 16.3. The minimum Gasteiger partial charge on any atom is -0.362 e. The standard InChI is InChI=1S/C21H23FN6/c1-12-7-16-14(8-15(12)22)9-17(25-16)19-18-20(27(2)3)23-11-24-21(18)28(26-19)10-13-5-4-6-13/h7-9,11,13,25H,4-6,10H2,1-3H3. The van der Waals surface area contributed by atoms with Gasteiger partial charge in [-0.15, -0.1) is 0 Å². The van der Waals surface area contributed by atoms with Crippen LogP contribution in [0.15, 0.2) is 24.5 Å². The maximum Gasteiger partial charge on any atom is 0.164 e. The second kappa shape index (κ2) is 6.29. The molecule has 0 unspecified atom stereocenters. The molecule has 1 N–H and O–H groups in total. The van der Waals surface area contributed by atoms with Gasteiger partial charge in [0.15, 0.2) is 5.65 Å². The largest absolute Gasteiger partial charge is 0.362 e. The molecule has 4 aromatic rings. The van der Waals surface area contributed by atoms with Gasteiger partial charge in [0.05, 0.1) is 11.1 Å². The van der Waals surface area contributed by atoms with E-state index in [4.69, 9.17) is 5.10 Å². The van der Waals surface area contributed by atoms with E-state index in [0.717, 1.165) is 45.7 Å². The van der Waals surface area contributed by atoms with Crippen LogP contribution in [0.1, 0.15) is 24.8 Å². The highest BCUT2D eigenvalue weighted by Gasteiger charge is 2.24. The summed E-state index contributed by atoms with van der Waals surface area (Å²) in [6.07, 6.45) is 5.38. The van der Waals surface area contributed by atoms with E-state index in [1.54, 1.807) is 19.3 Å². The molecule has 0 spiro atoms. The Labute approximate surface area is 162 Å². The number of halogens is 1. The number of nitrogens with zero attached hydrogens (tertiary/aromatic N) is 5. The van der Waals surface area contributed by atoms with Crippen molar-refractivity contribution in [3.05, 3.63) is 35.9 Å². The average molecular weight is 378 g/mol. The third kappa shape index (κ3) is 2.65. The van der Waals surface area contributed by atoms with Gasteiger partial charge in [-0.05, 0) is 49.4 Å². The lowest BCUT2D eigenvalue weighted by molar-refractivity contribution is 0.269. The lowest BCUT2D eigenvalue weighted by Gasteiger charge is -2.25. The van der Waals surface area contributed by atoms with E-state index >= 15 is 0 Å². The van der Waals surface area contributed by atoms with E-state index in [-0.39, 0.29) is 5.82 Å². The van der Waals surface area contributed by atoms with Crippen molar-refractivity contribution < 1.29 is 4.39 Å². The van der Waals surface area contributed by atoms with E-state index in [1.807, 2.05) is 35.8 Å². The third-order valence-corrected chi connectivity index (χ3v) is 5.74.